The van der Waals surface area contributed by atoms with Crippen molar-refractivity contribution in [1.82, 2.24) is 10.2 Å². The lowest BCUT2D eigenvalue weighted by Crippen LogP contribution is -2.11. The molecule has 2 N–H and O–H groups in total. The van der Waals surface area contributed by atoms with Crippen molar-refractivity contribution in [2.24, 2.45) is 0 Å². The van der Waals surface area contributed by atoms with Crippen molar-refractivity contribution >= 4 is 22.6 Å². The molecule has 25 heavy (non-hydrogen) atoms. The molecule has 0 fully saturated rings. The standard InChI is InChI=1S/C20H17N3O2/c1-12-5-6-14(10-13(12)2)15-7-8-16-17(11-15)22-23-19(16)21-20(24)18-4-3-9-25-18/h3-11H,1-2H3,(H2,21,22,23,24). The molecule has 0 aliphatic heterocycles. The normalized spacial score (nSPS) is 11.0. The number of furan rings is 1. The Morgan fingerprint density at radius 3 is 2.60 bits per heavy atom. The summed E-state index contributed by atoms with van der Waals surface area (Å²) in [5.41, 5.74) is 5.65. The highest BCUT2D eigenvalue weighted by Gasteiger charge is 2.13. The van der Waals surface area contributed by atoms with E-state index < -0.39 is 0 Å². The highest BCUT2D eigenvalue weighted by molar-refractivity contribution is 6.06. The molecule has 5 heteroatoms. The van der Waals surface area contributed by atoms with E-state index in [1.807, 2.05) is 18.2 Å². The van der Waals surface area contributed by atoms with E-state index in [4.69, 9.17) is 4.42 Å². The van der Waals surface area contributed by atoms with Gasteiger partial charge in [-0.25, -0.2) is 0 Å². The number of amides is 1. The SMILES string of the molecule is Cc1ccc(-c2ccc3c(NC(=O)c4ccco4)n[nH]c3c2)cc1C. The number of anilines is 1. The average molecular weight is 331 g/mol. The lowest BCUT2D eigenvalue weighted by atomic mass is 10.00. The van der Waals surface area contributed by atoms with Crippen molar-refractivity contribution in [3.8, 4) is 11.1 Å². The van der Waals surface area contributed by atoms with Gasteiger partial charge in [0.2, 0.25) is 0 Å². The van der Waals surface area contributed by atoms with E-state index in [1.165, 1.54) is 17.4 Å². The van der Waals surface area contributed by atoms with Crippen LogP contribution in [-0.2, 0) is 0 Å². The summed E-state index contributed by atoms with van der Waals surface area (Å²) in [4.78, 5) is 12.1. The Morgan fingerprint density at radius 2 is 1.84 bits per heavy atom. The summed E-state index contributed by atoms with van der Waals surface area (Å²) in [6.45, 7) is 4.21. The number of hydrogen-bond donors (Lipinski definition) is 2. The fraction of sp³-hybridized carbons (Fsp3) is 0.100. The maximum atomic E-state index is 12.1. The van der Waals surface area contributed by atoms with Gasteiger partial charge in [0.15, 0.2) is 11.6 Å². The molecule has 0 saturated carbocycles. The predicted molar refractivity (Wildman–Crippen MR) is 97.7 cm³/mol. The molecule has 0 radical (unpaired) electrons. The van der Waals surface area contributed by atoms with Crippen LogP contribution in [0.15, 0.2) is 59.2 Å². The summed E-state index contributed by atoms with van der Waals surface area (Å²) in [5.74, 6) is 0.419. The number of benzene rings is 2. The quantitative estimate of drug-likeness (QED) is 0.572. The molecule has 0 atom stereocenters. The summed E-state index contributed by atoms with van der Waals surface area (Å²) in [7, 11) is 0. The Labute approximate surface area is 144 Å². The first-order valence-corrected chi connectivity index (χ1v) is 8.02. The van der Waals surface area contributed by atoms with Crippen LogP contribution in [0.3, 0.4) is 0 Å². The number of rotatable bonds is 3. The molecule has 2 aromatic heterocycles. The molecule has 4 rings (SSSR count). The van der Waals surface area contributed by atoms with Crippen LogP contribution in [0, 0.1) is 13.8 Å². The van der Waals surface area contributed by atoms with E-state index in [1.54, 1.807) is 12.1 Å². The maximum absolute atomic E-state index is 12.1. The first kappa shape index (κ1) is 15.2. The molecule has 1 amide bonds. The van der Waals surface area contributed by atoms with E-state index in [0.717, 1.165) is 22.0 Å². The molecule has 0 aliphatic rings. The molecule has 0 saturated heterocycles. The topological polar surface area (TPSA) is 70.9 Å². The van der Waals surface area contributed by atoms with Gasteiger partial charge in [-0.2, -0.15) is 5.10 Å². The van der Waals surface area contributed by atoms with Crippen LogP contribution in [0.4, 0.5) is 5.82 Å². The van der Waals surface area contributed by atoms with E-state index in [2.05, 4.69) is 47.6 Å². The van der Waals surface area contributed by atoms with E-state index in [9.17, 15) is 4.79 Å². The number of nitrogens with zero attached hydrogens (tertiary/aromatic N) is 1. The largest absolute Gasteiger partial charge is 0.459 e. The molecule has 0 bridgehead atoms. The summed E-state index contributed by atoms with van der Waals surface area (Å²) < 4.78 is 5.10. The number of aryl methyl sites for hydroxylation is 2. The number of hydrogen-bond acceptors (Lipinski definition) is 3. The third kappa shape index (κ3) is 2.80. The molecule has 0 aliphatic carbocycles. The Morgan fingerprint density at radius 1 is 1.04 bits per heavy atom. The molecule has 2 aromatic carbocycles. The van der Waals surface area contributed by atoms with Gasteiger partial charge >= 0.3 is 0 Å². The van der Waals surface area contributed by atoms with Crippen LogP contribution in [-0.4, -0.2) is 16.1 Å². The highest BCUT2D eigenvalue weighted by atomic mass is 16.3. The fourth-order valence-corrected chi connectivity index (χ4v) is 2.79. The Bertz CT molecular complexity index is 1060. The van der Waals surface area contributed by atoms with Gasteiger partial charge in [0.05, 0.1) is 11.8 Å². The highest BCUT2D eigenvalue weighted by Crippen LogP contribution is 2.28. The molecular formula is C20H17N3O2. The van der Waals surface area contributed by atoms with Crippen molar-refractivity contribution < 1.29 is 9.21 Å². The zero-order chi connectivity index (χ0) is 17.4. The number of fused-ring (bicyclic) bond motifs is 1. The maximum Gasteiger partial charge on any atom is 0.292 e. The second kappa shape index (κ2) is 5.94. The fourth-order valence-electron chi connectivity index (χ4n) is 2.79. The van der Waals surface area contributed by atoms with Crippen LogP contribution in [0.25, 0.3) is 22.0 Å². The molecule has 0 unspecified atom stereocenters. The van der Waals surface area contributed by atoms with Crippen LogP contribution in [0.5, 0.6) is 0 Å². The lowest BCUT2D eigenvalue weighted by molar-refractivity contribution is 0.0996. The number of nitrogens with one attached hydrogen (secondary N) is 2. The van der Waals surface area contributed by atoms with Crippen LogP contribution in [0.1, 0.15) is 21.7 Å². The summed E-state index contributed by atoms with van der Waals surface area (Å²) in [6, 6.07) is 15.7. The van der Waals surface area contributed by atoms with Crippen molar-refractivity contribution in [3.05, 3.63) is 71.7 Å². The second-order valence-corrected chi connectivity index (χ2v) is 6.06. The zero-order valence-corrected chi connectivity index (χ0v) is 14.0. The van der Waals surface area contributed by atoms with Crippen LogP contribution >= 0.6 is 0 Å². The molecule has 4 aromatic rings. The number of H-pyrrole nitrogens is 1. The Hall–Kier alpha value is -3.34. The zero-order valence-electron chi connectivity index (χ0n) is 14.0. The average Bonchev–Trinajstić information content (AvgIpc) is 3.27. The minimum atomic E-state index is -0.323. The number of aromatic amines is 1. The van der Waals surface area contributed by atoms with Gasteiger partial charge in [-0.3, -0.25) is 9.89 Å². The smallest absolute Gasteiger partial charge is 0.292 e. The molecule has 0 spiro atoms. The van der Waals surface area contributed by atoms with Crippen molar-refractivity contribution in [3.63, 3.8) is 0 Å². The molecular weight excluding hydrogens is 314 g/mol. The monoisotopic (exact) mass is 331 g/mol. The molecule has 5 nitrogen and oxygen atoms in total. The Balaban J connectivity index is 1.67. The lowest BCUT2D eigenvalue weighted by Gasteiger charge is -2.06. The van der Waals surface area contributed by atoms with Gasteiger partial charge in [-0.1, -0.05) is 24.3 Å². The first-order valence-electron chi connectivity index (χ1n) is 8.02. The van der Waals surface area contributed by atoms with Crippen LogP contribution < -0.4 is 5.32 Å². The van der Waals surface area contributed by atoms with Crippen molar-refractivity contribution in [2.75, 3.05) is 5.32 Å². The minimum Gasteiger partial charge on any atom is -0.459 e. The minimum absolute atomic E-state index is 0.253. The third-order valence-corrected chi connectivity index (χ3v) is 4.38. The van der Waals surface area contributed by atoms with Crippen molar-refractivity contribution in [1.29, 1.82) is 0 Å². The summed E-state index contributed by atoms with van der Waals surface area (Å²) in [6.07, 6.45) is 1.47. The van der Waals surface area contributed by atoms with E-state index in [0.29, 0.717) is 5.82 Å². The Kier molecular flexibility index (Phi) is 3.61. The summed E-state index contributed by atoms with van der Waals surface area (Å²) in [5, 5.41) is 10.8. The van der Waals surface area contributed by atoms with Gasteiger partial charge in [-0.15, -0.1) is 0 Å². The van der Waals surface area contributed by atoms with Gasteiger partial charge in [0.1, 0.15) is 0 Å². The van der Waals surface area contributed by atoms with E-state index >= 15 is 0 Å². The molecule has 124 valence electrons. The van der Waals surface area contributed by atoms with Gasteiger partial charge < -0.3 is 9.73 Å². The third-order valence-electron chi connectivity index (χ3n) is 4.38. The van der Waals surface area contributed by atoms with Gasteiger partial charge in [0, 0.05) is 5.39 Å². The summed E-state index contributed by atoms with van der Waals surface area (Å²) >= 11 is 0. The molecule has 2 heterocycles. The van der Waals surface area contributed by atoms with E-state index in [-0.39, 0.29) is 11.7 Å². The van der Waals surface area contributed by atoms with Crippen molar-refractivity contribution in [2.45, 2.75) is 13.8 Å². The van der Waals surface area contributed by atoms with Crippen LogP contribution in [0.2, 0.25) is 0 Å². The van der Waals surface area contributed by atoms with Gasteiger partial charge in [0.25, 0.3) is 5.91 Å². The second-order valence-electron chi connectivity index (χ2n) is 6.06. The number of carbonyl (C=O) groups is 1. The number of aromatic nitrogens is 2. The van der Waals surface area contributed by atoms with Gasteiger partial charge in [-0.05, 0) is 60.4 Å². The predicted octanol–water partition coefficient (Wildman–Crippen LogP) is 4.69. The number of carbonyl (C=O) groups excluding carboxylic acids is 1. The first-order chi connectivity index (χ1) is 12.1.